The van der Waals surface area contributed by atoms with Gasteiger partial charge in [-0.1, -0.05) is 0 Å². The molecule has 1 aliphatic heterocycles. The number of ether oxygens (including phenoxy) is 1. The predicted octanol–water partition coefficient (Wildman–Crippen LogP) is 3.01. The number of piperazine rings is 1. The maximum absolute atomic E-state index is 12.9. The van der Waals surface area contributed by atoms with E-state index in [1.807, 2.05) is 6.92 Å². The predicted molar refractivity (Wildman–Crippen MR) is 121 cm³/mol. The Kier molecular flexibility index (Phi) is 7.75. The van der Waals surface area contributed by atoms with Crippen molar-refractivity contribution in [1.82, 2.24) is 9.21 Å². The standard InChI is InChI=1S/C21H25N3O6S2/c1-3-30-18-6-10-20(11-7-18)32(28,29)23-14-12-22(13-15-23)21(25)16(2)31-19-8-4-17(5-9-19)24(26)27/h4-11,16H,3,12-15H2,1-2H3. The lowest BCUT2D eigenvalue weighted by Crippen LogP contribution is -2.52. The summed E-state index contributed by atoms with van der Waals surface area (Å²) in [6.45, 7) is 5.18. The van der Waals surface area contributed by atoms with Gasteiger partial charge in [0.25, 0.3) is 5.69 Å². The second kappa shape index (κ2) is 10.3. The summed E-state index contributed by atoms with van der Waals surface area (Å²) >= 11 is 1.32. The molecule has 0 radical (unpaired) electrons. The molecule has 0 N–H and O–H groups in total. The first kappa shape index (κ1) is 24.0. The minimum atomic E-state index is -3.64. The molecular formula is C21H25N3O6S2. The fourth-order valence-electron chi connectivity index (χ4n) is 3.33. The van der Waals surface area contributed by atoms with Crippen LogP contribution in [0.25, 0.3) is 0 Å². The molecule has 0 aliphatic carbocycles. The number of carbonyl (C=O) groups is 1. The number of carbonyl (C=O) groups excluding carboxylic acids is 1. The molecule has 1 heterocycles. The fourth-order valence-corrected chi connectivity index (χ4v) is 5.70. The number of nitro groups is 1. The van der Waals surface area contributed by atoms with Crippen LogP contribution in [-0.2, 0) is 14.8 Å². The summed E-state index contributed by atoms with van der Waals surface area (Å²) < 4.78 is 32.6. The second-order valence-corrected chi connectivity index (χ2v) is 10.5. The van der Waals surface area contributed by atoms with Crippen molar-refractivity contribution >= 4 is 33.4 Å². The average Bonchev–Trinajstić information content (AvgIpc) is 2.79. The zero-order valence-electron chi connectivity index (χ0n) is 17.8. The lowest BCUT2D eigenvalue weighted by Gasteiger charge is -2.35. The van der Waals surface area contributed by atoms with Crippen LogP contribution in [0.2, 0.25) is 0 Å². The number of nitrogens with zero attached hydrogens (tertiary/aromatic N) is 3. The van der Waals surface area contributed by atoms with Crippen molar-refractivity contribution in [2.75, 3.05) is 32.8 Å². The van der Waals surface area contributed by atoms with Gasteiger partial charge in [0.05, 0.1) is 21.7 Å². The number of hydrogen-bond acceptors (Lipinski definition) is 7. The van der Waals surface area contributed by atoms with Crippen LogP contribution < -0.4 is 4.74 Å². The monoisotopic (exact) mass is 479 g/mol. The molecule has 0 spiro atoms. The Morgan fingerprint density at radius 2 is 1.69 bits per heavy atom. The summed E-state index contributed by atoms with van der Waals surface area (Å²) in [5, 5.41) is 10.4. The molecule has 2 aromatic carbocycles. The summed E-state index contributed by atoms with van der Waals surface area (Å²) in [5.74, 6) is 0.521. The molecule has 1 saturated heterocycles. The quantitative estimate of drug-likeness (QED) is 0.325. The highest BCUT2D eigenvalue weighted by molar-refractivity contribution is 8.00. The lowest BCUT2D eigenvalue weighted by atomic mass is 10.3. The van der Waals surface area contributed by atoms with Crippen molar-refractivity contribution in [1.29, 1.82) is 0 Å². The van der Waals surface area contributed by atoms with Crippen molar-refractivity contribution in [3.63, 3.8) is 0 Å². The molecule has 1 amide bonds. The van der Waals surface area contributed by atoms with Gasteiger partial charge in [0.15, 0.2) is 0 Å². The molecule has 2 aromatic rings. The van der Waals surface area contributed by atoms with Crippen LogP contribution in [0.15, 0.2) is 58.3 Å². The maximum Gasteiger partial charge on any atom is 0.269 e. The van der Waals surface area contributed by atoms with E-state index in [-0.39, 0.29) is 29.6 Å². The van der Waals surface area contributed by atoms with E-state index >= 15 is 0 Å². The third-order valence-corrected chi connectivity index (χ3v) is 8.04. The van der Waals surface area contributed by atoms with E-state index in [2.05, 4.69) is 0 Å². The number of nitro benzene ring substituents is 1. The molecule has 1 atom stereocenters. The van der Waals surface area contributed by atoms with Crippen molar-refractivity contribution in [3.05, 3.63) is 58.6 Å². The van der Waals surface area contributed by atoms with Crippen LogP contribution >= 0.6 is 11.8 Å². The van der Waals surface area contributed by atoms with Gasteiger partial charge in [-0.15, -0.1) is 11.8 Å². The molecule has 3 rings (SSSR count). The topological polar surface area (TPSA) is 110 Å². The SMILES string of the molecule is CCOc1ccc(S(=O)(=O)N2CCN(C(=O)C(C)Sc3ccc([N+](=O)[O-])cc3)CC2)cc1. The third kappa shape index (κ3) is 5.59. The molecule has 1 aliphatic rings. The van der Waals surface area contributed by atoms with E-state index in [9.17, 15) is 23.3 Å². The average molecular weight is 480 g/mol. The zero-order chi connectivity index (χ0) is 23.3. The van der Waals surface area contributed by atoms with Gasteiger partial charge in [0, 0.05) is 43.2 Å². The van der Waals surface area contributed by atoms with E-state index in [0.717, 1.165) is 4.90 Å². The normalized spacial score (nSPS) is 15.9. The Balaban J connectivity index is 1.56. The highest BCUT2D eigenvalue weighted by atomic mass is 32.2. The smallest absolute Gasteiger partial charge is 0.269 e. The molecule has 32 heavy (non-hydrogen) atoms. The number of non-ortho nitro benzene ring substituents is 1. The number of benzene rings is 2. The zero-order valence-corrected chi connectivity index (χ0v) is 19.5. The highest BCUT2D eigenvalue weighted by Crippen LogP contribution is 2.27. The van der Waals surface area contributed by atoms with E-state index in [1.165, 1.54) is 40.3 Å². The Morgan fingerprint density at radius 3 is 2.22 bits per heavy atom. The molecule has 172 valence electrons. The Labute approximate surface area is 191 Å². The molecule has 0 aromatic heterocycles. The molecule has 11 heteroatoms. The number of amides is 1. The number of hydrogen-bond donors (Lipinski definition) is 0. The van der Waals surface area contributed by atoms with Crippen LogP contribution in [0.5, 0.6) is 5.75 Å². The molecule has 1 unspecified atom stereocenters. The first-order valence-electron chi connectivity index (χ1n) is 10.1. The molecule has 0 saturated carbocycles. The van der Waals surface area contributed by atoms with Gasteiger partial charge in [-0.3, -0.25) is 14.9 Å². The number of thioether (sulfide) groups is 1. The Morgan fingerprint density at radius 1 is 1.09 bits per heavy atom. The second-order valence-electron chi connectivity index (χ2n) is 7.14. The summed E-state index contributed by atoms with van der Waals surface area (Å²) in [7, 11) is -3.64. The molecular weight excluding hydrogens is 454 g/mol. The molecule has 0 bridgehead atoms. The minimum Gasteiger partial charge on any atom is -0.494 e. The van der Waals surface area contributed by atoms with Crippen LogP contribution in [0.3, 0.4) is 0 Å². The van der Waals surface area contributed by atoms with Gasteiger partial charge in [-0.05, 0) is 50.2 Å². The van der Waals surface area contributed by atoms with E-state index in [4.69, 9.17) is 4.74 Å². The number of rotatable bonds is 8. The van der Waals surface area contributed by atoms with E-state index in [0.29, 0.717) is 25.4 Å². The van der Waals surface area contributed by atoms with Crippen LogP contribution in [0.4, 0.5) is 5.69 Å². The van der Waals surface area contributed by atoms with Gasteiger partial charge in [-0.25, -0.2) is 8.42 Å². The van der Waals surface area contributed by atoms with Gasteiger partial charge in [0.2, 0.25) is 15.9 Å². The van der Waals surface area contributed by atoms with Crippen molar-refractivity contribution in [2.45, 2.75) is 28.9 Å². The van der Waals surface area contributed by atoms with Gasteiger partial charge in [0.1, 0.15) is 5.75 Å². The first-order chi connectivity index (χ1) is 15.2. The van der Waals surface area contributed by atoms with Crippen molar-refractivity contribution < 1.29 is 22.9 Å². The Hall–Kier alpha value is -2.63. The van der Waals surface area contributed by atoms with Gasteiger partial charge >= 0.3 is 0 Å². The summed E-state index contributed by atoms with van der Waals surface area (Å²) in [6, 6.07) is 12.4. The largest absolute Gasteiger partial charge is 0.494 e. The van der Waals surface area contributed by atoms with E-state index < -0.39 is 20.2 Å². The highest BCUT2D eigenvalue weighted by Gasteiger charge is 2.31. The van der Waals surface area contributed by atoms with Crippen molar-refractivity contribution in [2.24, 2.45) is 0 Å². The fraction of sp³-hybridized carbons (Fsp3) is 0.381. The minimum absolute atomic E-state index is 0.00168. The van der Waals surface area contributed by atoms with Gasteiger partial charge in [-0.2, -0.15) is 4.31 Å². The summed E-state index contributed by atoms with van der Waals surface area (Å²) in [5.41, 5.74) is -0.00168. The number of sulfonamides is 1. The molecule has 1 fully saturated rings. The van der Waals surface area contributed by atoms with Crippen LogP contribution in [-0.4, -0.2) is 66.5 Å². The first-order valence-corrected chi connectivity index (χ1v) is 12.5. The Bertz CT molecular complexity index is 1050. The van der Waals surface area contributed by atoms with E-state index in [1.54, 1.807) is 36.1 Å². The lowest BCUT2D eigenvalue weighted by molar-refractivity contribution is -0.384. The summed E-state index contributed by atoms with van der Waals surface area (Å²) in [6.07, 6.45) is 0. The maximum atomic E-state index is 12.9. The van der Waals surface area contributed by atoms with Gasteiger partial charge < -0.3 is 9.64 Å². The third-order valence-electron chi connectivity index (χ3n) is 5.03. The summed E-state index contributed by atoms with van der Waals surface area (Å²) in [4.78, 5) is 25.7. The van der Waals surface area contributed by atoms with Crippen LogP contribution in [0, 0.1) is 10.1 Å². The van der Waals surface area contributed by atoms with Crippen LogP contribution in [0.1, 0.15) is 13.8 Å². The molecule has 9 nitrogen and oxygen atoms in total. The van der Waals surface area contributed by atoms with Crippen molar-refractivity contribution in [3.8, 4) is 5.75 Å².